The molecule has 0 aliphatic carbocycles. The molecule has 0 fully saturated rings. The number of halogens is 3. The van der Waals surface area contributed by atoms with Crippen LogP contribution in [0.5, 0.6) is 0 Å². The lowest BCUT2D eigenvalue weighted by atomic mass is 10.1. The van der Waals surface area contributed by atoms with E-state index in [0.29, 0.717) is 6.08 Å². The highest BCUT2D eigenvalue weighted by Gasteiger charge is 2.34. The average Bonchev–Trinajstić information content (AvgIpc) is 2.03. The summed E-state index contributed by atoms with van der Waals surface area (Å²) in [5, 5.41) is 10.7. The van der Waals surface area contributed by atoms with Gasteiger partial charge in [0.2, 0.25) is 0 Å². The van der Waals surface area contributed by atoms with Crippen LogP contribution in [0, 0.1) is 0 Å². The zero-order valence-electron chi connectivity index (χ0n) is 6.30. The highest BCUT2D eigenvalue weighted by atomic mass is 19.4. The molecule has 6 heteroatoms. The fraction of sp³-hybridized carbons (Fsp3) is 0.286. The first-order chi connectivity index (χ1) is 5.91. The monoisotopic (exact) mass is 193 g/mol. The van der Waals surface area contributed by atoms with Crippen molar-refractivity contribution in [3.8, 4) is 0 Å². The van der Waals surface area contributed by atoms with E-state index in [-0.39, 0.29) is 0 Å². The van der Waals surface area contributed by atoms with Gasteiger partial charge in [0.25, 0.3) is 0 Å². The van der Waals surface area contributed by atoms with Gasteiger partial charge in [0.1, 0.15) is 6.04 Å². The molecule has 0 spiro atoms. The van der Waals surface area contributed by atoms with Crippen LogP contribution in [0.15, 0.2) is 23.9 Å². The maximum atomic E-state index is 12.0. The van der Waals surface area contributed by atoms with Crippen molar-refractivity contribution in [3.63, 3.8) is 0 Å². The van der Waals surface area contributed by atoms with E-state index in [2.05, 4.69) is 5.32 Å². The summed E-state index contributed by atoms with van der Waals surface area (Å²) in [6, 6.07) is -1.30. The van der Waals surface area contributed by atoms with Crippen LogP contribution in [0.3, 0.4) is 0 Å². The third kappa shape index (κ3) is 2.24. The Kier molecular flexibility index (Phi) is 2.31. The molecule has 1 heterocycles. The van der Waals surface area contributed by atoms with Crippen molar-refractivity contribution in [2.24, 2.45) is 0 Å². The van der Waals surface area contributed by atoms with E-state index < -0.39 is 23.8 Å². The summed E-state index contributed by atoms with van der Waals surface area (Å²) in [5.74, 6) is -1.34. The number of carboxylic acids is 1. The standard InChI is InChI=1S/C7H6F3NO2/c8-7(9,10)4-1-2-11-5(3-4)6(12)13/h1-3,5,11H,(H,12,13). The molecule has 2 N–H and O–H groups in total. The van der Waals surface area contributed by atoms with Gasteiger partial charge in [-0.25, -0.2) is 4.79 Å². The van der Waals surface area contributed by atoms with E-state index >= 15 is 0 Å². The van der Waals surface area contributed by atoms with Crippen LogP contribution in [0.4, 0.5) is 13.2 Å². The zero-order valence-corrected chi connectivity index (χ0v) is 6.30. The van der Waals surface area contributed by atoms with Crippen molar-refractivity contribution in [1.82, 2.24) is 5.32 Å². The lowest BCUT2D eigenvalue weighted by molar-refractivity contribution is -0.138. The molecule has 0 aromatic carbocycles. The van der Waals surface area contributed by atoms with E-state index in [1.54, 1.807) is 0 Å². The minimum absolute atomic E-state index is 0.627. The largest absolute Gasteiger partial charge is 0.479 e. The molecule has 0 amide bonds. The Labute approximate surface area is 71.5 Å². The van der Waals surface area contributed by atoms with Gasteiger partial charge in [0.05, 0.1) is 5.57 Å². The van der Waals surface area contributed by atoms with E-state index in [9.17, 15) is 18.0 Å². The maximum Gasteiger partial charge on any atom is 0.416 e. The molecule has 72 valence electrons. The molecule has 0 saturated heterocycles. The van der Waals surface area contributed by atoms with E-state index in [1.807, 2.05) is 0 Å². The molecule has 0 bridgehead atoms. The third-order valence-electron chi connectivity index (χ3n) is 1.48. The maximum absolute atomic E-state index is 12.0. The highest BCUT2D eigenvalue weighted by molar-refractivity contribution is 5.77. The second-order valence-electron chi connectivity index (χ2n) is 2.44. The zero-order chi connectivity index (χ0) is 10.1. The first-order valence-electron chi connectivity index (χ1n) is 3.35. The van der Waals surface area contributed by atoms with Crippen LogP contribution in [-0.2, 0) is 4.79 Å². The number of aliphatic carboxylic acids is 1. The molecule has 1 unspecified atom stereocenters. The molecule has 0 saturated carbocycles. The Morgan fingerprint density at radius 2 is 2.15 bits per heavy atom. The smallest absolute Gasteiger partial charge is 0.416 e. The van der Waals surface area contributed by atoms with Crippen molar-refractivity contribution < 1.29 is 23.1 Å². The Bertz CT molecular complexity index is 280. The molecule has 1 atom stereocenters. The van der Waals surface area contributed by atoms with Gasteiger partial charge in [-0.15, -0.1) is 0 Å². The third-order valence-corrected chi connectivity index (χ3v) is 1.48. The Morgan fingerprint density at radius 3 is 2.62 bits per heavy atom. The summed E-state index contributed by atoms with van der Waals surface area (Å²) in [4.78, 5) is 10.3. The highest BCUT2D eigenvalue weighted by Crippen LogP contribution is 2.27. The lowest BCUT2D eigenvalue weighted by Gasteiger charge is -2.16. The van der Waals surface area contributed by atoms with Crippen LogP contribution in [0.25, 0.3) is 0 Å². The van der Waals surface area contributed by atoms with Gasteiger partial charge >= 0.3 is 12.1 Å². The van der Waals surface area contributed by atoms with E-state index in [0.717, 1.165) is 12.3 Å². The summed E-state index contributed by atoms with van der Waals surface area (Å²) < 4.78 is 36.1. The first kappa shape index (κ1) is 9.63. The summed E-state index contributed by atoms with van der Waals surface area (Å²) in [5.41, 5.74) is -0.946. The van der Waals surface area contributed by atoms with Crippen molar-refractivity contribution in [2.75, 3.05) is 0 Å². The molecule has 3 nitrogen and oxygen atoms in total. The van der Waals surface area contributed by atoms with Crippen LogP contribution in [-0.4, -0.2) is 23.3 Å². The molecule has 1 rings (SSSR count). The number of allylic oxidation sites excluding steroid dienone is 2. The minimum Gasteiger partial charge on any atom is -0.479 e. The summed E-state index contributed by atoms with van der Waals surface area (Å²) in [7, 11) is 0. The number of nitrogens with one attached hydrogen (secondary N) is 1. The second kappa shape index (κ2) is 3.12. The quantitative estimate of drug-likeness (QED) is 0.654. The summed E-state index contributed by atoms with van der Waals surface area (Å²) >= 11 is 0. The molecule has 13 heavy (non-hydrogen) atoms. The minimum atomic E-state index is -4.49. The van der Waals surface area contributed by atoms with Crippen molar-refractivity contribution in [1.29, 1.82) is 0 Å². The molecule has 1 aliphatic rings. The van der Waals surface area contributed by atoms with Crippen molar-refractivity contribution in [3.05, 3.63) is 23.9 Å². The number of hydrogen-bond acceptors (Lipinski definition) is 2. The van der Waals surface area contributed by atoms with E-state index in [1.165, 1.54) is 0 Å². The molecule has 0 aromatic heterocycles. The molecular weight excluding hydrogens is 187 g/mol. The Hall–Kier alpha value is -1.46. The number of alkyl halides is 3. The number of dihydropyridines is 1. The van der Waals surface area contributed by atoms with Crippen LogP contribution < -0.4 is 5.32 Å². The molecule has 0 radical (unpaired) electrons. The number of rotatable bonds is 1. The first-order valence-corrected chi connectivity index (χ1v) is 3.35. The second-order valence-corrected chi connectivity index (χ2v) is 2.44. The number of hydrogen-bond donors (Lipinski definition) is 2. The normalized spacial score (nSPS) is 22.1. The van der Waals surface area contributed by atoms with Gasteiger partial charge in [-0.1, -0.05) is 0 Å². The predicted molar refractivity (Wildman–Crippen MR) is 37.8 cm³/mol. The fourth-order valence-corrected chi connectivity index (χ4v) is 0.856. The van der Waals surface area contributed by atoms with Crippen LogP contribution in [0.1, 0.15) is 0 Å². The van der Waals surface area contributed by atoms with Crippen molar-refractivity contribution in [2.45, 2.75) is 12.2 Å². The van der Waals surface area contributed by atoms with Gasteiger partial charge in [-0.2, -0.15) is 13.2 Å². The van der Waals surface area contributed by atoms with Gasteiger partial charge in [0.15, 0.2) is 0 Å². The molecule has 0 aromatic rings. The molecule has 1 aliphatic heterocycles. The van der Waals surface area contributed by atoms with E-state index in [4.69, 9.17) is 5.11 Å². The van der Waals surface area contributed by atoms with Gasteiger partial charge in [-0.05, 0) is 18.4 Å². The topological polar surface area (TPSA) is 49.3 Å². The predicted octanol–water partition coefficient (Wildman–Crippen LogP) is 1.05. The lowest BCUT2D eigenvalue weighted by Crippen LogP contribution is -2.34. The SMILES string of the molecule is O=C(O)C1C=C(C(F)(F)F)C=CN1. The Balaban J connectivity index is 2.87. The molecular formula is C7H6F3NO2. The van der Waals surface area contributed by atoms with Crippen LogP contribution in [0.2, 0.25) is 0 Å². The number of carbonyl (C=O) groups is 1. The van der Waals surface area contributed by atoms with Gasteiger partial charge in [0, 0.05) is 0 Å². The summed E-state index contributed by atoms with van der Waals surface area (Å²) in [6.07, 6.45) is -2.10. The average molecular weight is 193 g/mol. The fourth-order valence-electron chi connectivity index (χ4n) is 0.856. The summed E-state index contributed by atoms with van der Waals surface area (Å²) in [6.45, 7) is 0. The van der Waals surface area contributed by atoms with Gasteiger partial charge < -0.3 is 10.4 Å². The van der Waals surface area contributed by atoms with Gasteiger partial charge in [-0.3, -0.25) is 0 Å². The number of carboxylic acid groups (broad SMARTS) is 1. The Morgan fingerprint density at radius 1 is 1.54 bits per heavy atom. The van der Waals surface area contributed by atoms with Crippen molar-refractivity contribution >= 4 is 5.97 Å². The van der Waals surface area contributed by atoms with Crippen LogP contribution >= 0.6 is 0 Å².